The van der Waals surface area contributed by atoms with E-state index in [0.717, 1.165) is 36.9 Å². The van der Waals surface area contributed by atoms with Gasteiger partial charge in [-0.1, -0.05) is 6.07 Å². The highest BCUT2D eigenvalue weighted by Crippen LogP contribution is 2.32. The summed E-state index contributed by atoms with van der Waals surface area (Å²) in [6.07, 6.45) is -2.12. The third-order valence-corrected chi connectivity index (χ3v) is 7.14. The van der Waals surface area contributed by atoms with Gasteiger partial charge in [0.15, 0.2) is 5.75 Å². The lowest BCUT2D eigenvalue weighted by Crippen LogP contribution is -2.33. The van der Waals surface area contributed by atoms with Crippen LogP contribution in [0.4, 0.5) is 22.0 Å². The molecule has 4 aromatic rings. The smallest absolute Gasteiger partial charge is 0.417 e. The molecule has 1 aromatic carbocycles. The third kappa shape index (κ3) is 6.59. The normalized spacial score (nSPS) is 14.9. The van der Waals surface area contributed by atoms with Gasteiger partial charge in [0.25, 0.3) is 0 Å². The van der Waals surface area contributed by atoms with E-state index in [9.17, 15) is 31.9 Å². The lowest BCUT2D eigenvalue weighted by atomic mass is 9.93. The molecule has 0 spiro atoms. The molecular weight excluding hydrogens is 565 g/mol. The SMILES string of the molecule is Cn1c(CN2CCC(c3cccc(OCc4ccc(C(F)(F)F)cn4)n3)CC2)nc2c(OC(F)F)cc(C(=O)O)cc21. The number of hydrogen-bond donors (Lipinski definition) is 1. The Bertz CT molecular complexity index is 1570. The molecule has 14 heteroatoms. The van der Waals surface area contributed by atoms with Crippen LogP contribution < -0.4 is 9.47 Å². The number of piperidine rings is 1. The number of halogens is 5. The van der Waals surface area contributed by atoms with Crippen molar-refractivity contribution in [2.75, 3.05) is 13.1 Å². The van der Waals surface area contributed by atoms with Crippen molar-refractivity contribution < 1.29 is 41.3 Å². The van der Waals surface area contributed by atoms with Crippen molar-refractivity contribution >= 4 is 17.0 Å². The third-order valence-electron chi connectivity index (χ3n) is 7.14. The fourth-order valence-electron chi connectivity index (χ4n) is 4.91. The summed E-state index contributed by atoms with van der Waals surface area (Å²) in [6.45, 7) is -1.32. The molecule has 42 heavy (non-hydrogen) atoms. The highest BCUT2D eigenvalue weighted by molar-refractivity contribution is 5.95. The van der Waals surface area contributed by atoms with Crippen LogP contribution in [0.25, 0.3) is 11.0 Å². The van der Waals surface area contributed by atoms with E-state index in [1.165, 1.54) is 12.1 Å². The number of aromatic nitrogens is 4. The molecule has 0 atom stereocenters. The molecule has 0 aliphatic carbocycles. The Morgan fingerprint density at radius 2 is 1.88 bits per heavy atom. The maximum Gasteiger partial charge on any atom is 0.417 e. The Morgan fingerprint density at radius 3 is 2.52 bits per heavy atom. The van der Waals surface area contributed by atoms with Crippen molar-refractivity contribution in [1.29, 1.82) is 0 Å². The molecule has 1 aliphatic heterocycles. The number of hydrogen-bond acceptors (Lipinski definition) is 7. The topological polar surface area (TPSA) is 103 Å². The number of carbonyl (C=O) groups is 1. The lowest BCUT2D eigenvalue weighted by Gasteiger charge is -2.31. The second-order valence-corrected chi connectivity index (χ2v) is 9.89. The number of ether oxygens (including phenoxy) is 2. The minimum absolute atomic E-state index is 0.0247. The van der Waals surface area contributed by atoms with Crippen molar-refractivity contribution in [2.24, 2.45) is 7.05 Å². The van der Waals surface area contributed by atoms with Gasteiger partial charge in [0, 0.05) is 30.9 Å². The van der Waals surface area contributed by atoms with Crippen LogP contribution in [0.5, 0.6) is 11.6 Å². The molecule has 4 heterocycles. The van der Waals surface area contributed by atoms with Crippen LogP contribution in [0.2, 0.25) is 0 Å². The highest BCUT2D eigenvalue weighted by atomic mass is 19.4. The maximum atomic E-state index is 13.0. The molecule has 0 amide bonds. The molecule has 5 rings (SSSR count). The predicted molar refractivity (Wildman–Crippen MR) is 139 cm³/mol. The zero-order chi connectivity index (χ0) is 30.0. The average Bonchev–Trinajstić information content (AvgIpc) is 3.27. The minimum atomic E-state index is -4.45. The summed E-state index contributed by atoms with van der Waals surface area (Å²) >= 11 is 0. The summed E-state index contributed by atoms with van der Waals surface area (Å²) in [6, 6.07) is 10.0. The number of aryl methyl sites for hydroxylation is 1. The molecule has 0 radical (unpaired) electrons. The van der Waals surface area contributed by atoms with Gasteiger partial charge in [-0.2, -0.15) is 22.0 Å². The fourth-order valence-corrected chi connectivity index (χ4v) is 4.91. The Hall–Kier alpha value is -4.33. The van der Waals surface area contributed by atoms with Crippen LogP contribution in [0.1, 0.15) is 51.9 Å². The lowest BCUT2D eigenvalue weighted by molar-refractivity contribution is -0.137. The fraction of sp³-hybridized carbons (Fsp3) is 0.357. The van der Waals surface area contributed by atoms with Crippen molar-refractivity contribution in [3.63, 3.8) is 0 Å². The van der Waals surface area contributed by atoms with Crippen molar-refractivity contribution in [3.8, 4) is 11.6 Å². The van der Waals surface area contributed by atoms with E-state index in [2.05, 4.69) is 24.6 Å². The molecule has 1 fully saturated rings. The van der Waals surface area contributed by atoms with Crippen molar-refractivity contribution in [1.82, 2.24) is 24.4 Å². The highest BCUT2D eigenvalue weighted by Gasteiger charge is 2.30. The van der Waals surface area contributed by atoms with Gasteiger partial charge in [0.1, 0.15) is 17.9 Å². The molecule has 1 N–H and O–H groups in total. The van der Waals surface area contributed by atoms with Gasteiger partial charge in [-0.15, -0.1) is 0 Å². The van der Waals surface area contributed by atoms with E-state index in [0.29, 0.717) is 42.5 Å². The number of imidazole rings is 1. The Kier molecular flexibility index (Phi) is 8.25. The van der Waals surface area contributed by atoms with Gasteiger partial charge in [0.05, 0.1) is 28.9 Å². The second kappa shape index (κ2) is 11.9. The number of pyridine rings is 2. The number of benzene rings is 1. The molecule has 0 saturated carbocycles. The van der Waals surface area contributed by atoms with E-state index in [1.54, 1.807) is 17.7 Å². The van der Waals surface area contributed by atoms with E-state index in [1.807, 2.05) is 12.1 Å². The van der Waals surface area contributed by atoms with Gasteiger partial charge in [0.2, 0.25) is 5.88 Å². The van der Waals surface area contributed by atoms with Gasteiger partial charge in [-0.3, -0.25) is 9.88 Å². The molecule has 0 unspecified atom stereocenters. The monoisotopic (exact) mass is 591 g/mol. The molecule has 1 saturated heterocycles. The number of alkyl halides is 5. The number of likely N-dealkylation sites (tertiary alicyclic amines) is 1. The largest absolute Gasteiger partial charge is 0.478 e. The summed E-state index contributed by atoms with van der Waals surface area (Å²) in [5.41, 5.74) is 0.723. The molecular formula is C28H26F5N5O4. The van der Waals surface area contributed by atoms with E-state index in [4.69, 9.17) is 4.74 Å². The summed E-state index contributed by atoms with van der Waals surface area (Å²) in [5, 5.41) is 9.38. The van der Waals surface area contributed by atoms with Crippen molar-refractivity contribution in [3.05, 3.63) is 77.0 Å². The first-order valence-corrected chi connectivity index (χ1v) is 13.0. The van der Waals surface area contributed by atoms with Gasteiger partial charge < -0.3 is 19.1 Å². The van der Waals surface area contributed by atoms with E-state index < -0.39 is 24.3 Å². The Labute approximate surface area is 236 Å². The molecule has 9 nitrogen and oxygen atoms in total. The van der Waals surface area contributed by atoms with Crippen LogP contribution in [0, 0.1) is 0 Å². The standard InChI is InChI=1S/C28H26F5N5O4/c1-37-21-11-17(26(39)40)12-22(42-27(29)30)25(21)36-23(37)14-38-9-7-16(8-10-38)20-3-2-4-24(35-20)41-15-19-6-5-18(13-34-19)28(31,32)33/h2-6,11-13,16,27H,7-10,14-15H2,1H3,(H,39,40). The van der Waals surface area contributed by atoms with Crippen LogP contribution in [-0.4, -0.2) is 55.2 Å². The second-order valence-electron chi connectivity index (χ2n) is 9.89. The zero-order valence-corrected chi connectivity index (χ0v) is 22.3. The first-order valence-electron chi connectivity index (χ1n) is 13.0. The Balaban J connectivity index is 1.21. The average molecular weight is 592 g/mol. The molecule has 0 bridgehead atoms. The quantitative estimate of drug-likeness (QED) is 0.250. The number of rotatable bonds is 9. The molecule has 3 aromatic heterocycles. The number of nitrogens with zero attached hydrogens (tertiary/aromatic N) is 5. The van der Waals surface area contributed by atoms with E-state index in [-0.39, 0.29) is 29.4 Å². The summed E-state index contributed by atoms with van der Waals surface area (Å²) in [7, 11) is 1.70. The number of carboxylic acids is 1. The van der Waals surface area contributed by atoms with Gasteiger partial charge in [-0.25, -0.2) is 14.8 Å². The van der Waals surface area contributed by atoms with Crippen LogP contribution in [0.15, 0.2) is 48.7 Å². The summed E-state index contributed by atoms with van der Waals surface area (Å²) < 4.78 is 76.1. The Morgan fingerprint density at radius 1 is 1.12 bits per heavy atom. The first-order chi connectivity index (χ1) is 20.0. The predicted octanol–water partition coefficient (Wildman–Crippen LogP) is 5.64. The number of fused-ring (bicyclic) bond motifs is 1. The van der Waals surface area contributed by atoms with E-state index >= 15 is 0 Å². The van der Waals surface area contributed by atoms with Crippen molar-refractivity contribution in [2.45, 2.75) is 44.7 Å². The van der Waals surface area contributed by atoms with Gasteiger partial charge >= 0.3 is 18.8 Å². The number of carboxylic acid groups (broad SMARTS) is 1. The zero-order valence-electron chi connectivity index (χ0n) is 22.3. The molecule has 1 aliphatic rings. The summed E-state index contributed by atoms with van der Waals surface area (Å²) in [4.78, 5) is 26.6. The minimum Gasteiger partial charge on any atom is -0.478 e. The van der Waals surface area contributed by atoms with Crippen LogP contribution in [0.3, 0.4) is 0 Å². The maximum absolute atomic E-state index is 13.0. The molecule has 222 valence electrons. The van der Waals surface area contributed by atoms with Crippen LogP contribution in [-0.2, 0) is 26.4 Å². The van der Waals surface area contributed by atoms with Gasteiger partial charge in [-0.05, 0) is 56.3 Å². The first kappa shape index (κ1) is 29.2. The summed E-state index contributed by atoms with van der Waals surface area (Å²) in [5.74, 6) is -0.476. The van der Waals surface area contributed by atoms with Crippen LogP contribution >= 0.6 is 0 Å². The number of aromatic carboxylic acids is 1.